The molecule has 1 heterocycles. The van der Waals surface area contributed by atoms with Gasteiger partial charge >= 0.3 is 0 Å². The predicted octanol–water partition coefficient (Wildman–Crippen LogP) is 4.24. The molecule has 0 aliphatic rings. The van der Waals surface area contributed by atoms with Crippen LogP contribution in [0.5, 0.6) is 5.75 Å². The Balaban J connectivity index is 1.77. The predicted molar refractivity (Wildman–Crippen MR) is 128 cm³/mol. The van der Waals surface area contributed by atoms with E-state index in [1.807, 2.05) is 35.8 Å². The number of methoxy groups -OCH3 is 1. The molecule has 1 atom stereocenters. The lowest BCUT2D eigenvalue weighted by Gasteiger charge is -2.24. The fourth-order valence-electron chi connectivity index (χ4n) is 3.12. The summed E-state index contributed by atoms with van der Waals surface area (Å²) in [5.41, 5.74) is 1.56. The molecule has 0 saturated carbocycles. The van der Waals surface area contributed by atoms with Gasteiger partial charge in [0.25, 0.3) is 15.9 Å². The lowest BCUT2D eigenvalue weighted by atomic mass is 10.1. The maximum absolute atomic E-state index is 12.9. The Morgan fingerprint density at radius 2 is 1.97 bits per heavy atom. The third-order valence-corrected chi connectivity index (χ3v) is 7.12. The Hall–Kier alpha value is -2.59. The van der Waals surface area contributed by atoms with Crippen LogP contribution in [0, 0.1) is 0 Å². The summed E-state index contributed by atoms with van der Waals surface area (Å²) in [5.74, 6) is -0.0282. The molecule has 3 aromatic rings. The number of benzene rings is 2. The van der Waals surface area contributed by atoms with Gasteiger partial charge in [-0.25, -0.2) is 8.42 Å². The first-order valence-electron chi connectivity index (χ1n) is 9.64. The van der Waals surface area contributed by atoms with Crippen molar-refractivity contribution in [2.45, 2.75) is 10.9 Å². The Kier molecular flexibility index (Phi) is 7.78. The number of rotatable bonds is 9. The quantitative estimate of drug-likeness (QED) is 0.465. The van der Waals surface area contributed by atoms with Gasteiger partial charge in [-0.2, -0.15) is 11.3 Å². The van der Waals surface area contributed by atoms with Gasteiger partial charge in [-0.1, -0.05) is 17.7 Å². The first-order valence-corrected chi connectivity index (χ1v) is 12.4. The van der Waals surface area contributed by atoms with E-state index in [1.165, 1.54) is 31.4 Å². The van der Waals surface area contributed by atoms with Crippen LogP contribution < -0.4 is 14.8 Å². The van der Waals surface area contributed by atoms with Gasteiger partial charge in [0.15, 0.2) is 0 Å². The van der Waals surface area contributed by atoms with Gasteiger partial charge in [0.2, 0.25) is 0 Å². The van der Waals surface area contributed by atoms with Crippen LogP contribution in [-0.4, -0.2) is 47.0 Å². The smallest absolute Gasteiger partial charge is 0.262 e. The van der Waals surface area contributed by atoms with Gasteiger partial charge in [0.1, 0.15) is 5.75 Å². The molecule has 2 N–H and O–H groups in total. The van der Waals surface area contributed by atoms with Crippen LogP contribution in [0.4, 0.5) is 5.69 Å². The average molecular weight is 494 g/mol. The molecule has 0 saturated heterocycles. The van der Waals surface area contributed by atoms with E-state index in [0.717, 1.165) is 5.56 Å². The van der Waals surface area contributed by atoms with Gasteiger partial charge in [-0.3, -0.25) is 9.52 Å². The van der Waals surface area contributed by atoms with E-state index in [2.05, 4.69) is 10.0 Å². The van der Waals surface area contributed by atoms with Crippen molar-refractivity contribution in [2.75, 3.05) is 32.5 Å². The van der Waals surface area contributed by atoms with Crippen LogP contribution in [0.25, 0.3) is 0 Å². The number of nitrogens with one attached hydrogen (secondary N) is 2. The van der Waals surface area contributed by atoms with Gasteiger partial charge in [0.05, 0.1) is 23.7 Å². The summed E-state index contributed by atoms with van der Waals surface area (Å²) >= 11 is 7.58. The van der Waals surface area contributed by atoms with Crippen LogP contribution in [-0.2, 0) is 10.0 Å². The molecule has 7 nitrogen and oxygen atoms in total. The summed E-state index contributed by atoms with van der Waals surface area (Å²) in [6.07, 6.45) is 0. The number of likely N-dealkylation sites (N-methyl/N-ethyl adjacent to an activating group) is 1. The Morgan fingerprint density at radius 1 is 1.19 bits per heavy atom. The minimum absolute atomic E-state index is 0.00840. The molecule has 1 amide bonds. The van der Waals surface area contributed by atoms with Crippen LogP contribution in [0.15, 0.2) is 64.2 Å². The second kappa shape index (κ2) is 10.4. The molecule has 0 aliphatic heterocycles. The number of ether oxygens (including phenoxy) is 1. The highest BCUT2D eigenvalue weighted by Gasteiger charge is 2.20. The molecule has 1 unspecified atom stereocenters. The molecule has 3 rings (SSSR count). The fourth-order valence-corrected chi connectivity index (χ4v) is 5.11. The van der Waals surface area contributed by atoms with Gasteiger partial charge in [-0.05, 0) is 72.9 Å². The number of hydrogen-bond donors (Lipinski definition) is 2. The number of amides is 1. The summed E-state index contributed by atoms with van der Waals surface area (Å²) in [6.45, 7) is 0.386. The average Bonchev–Trinajstić information content (AvgIpc) is 3.28. The van der Waals surface area contributed by atoms with Gasteiger partial charge in [-0.15, -0.1) is 0 Å². The summed E-state index contributed by atoms with van der Waals surface area (Å²) in [5, 5.41) is 7.28. The molecule has 0 aliphatic carbocycles. The minimum atomic E-state index is -3.97. The zero-order chi connectivity index (χ0) is 23.3. The van der Waals surface area contributed by atoms with E-state index < -0.39 is 10.0 Å². The largest absolute Gasteiger partial charge is 0.495 e. The van der Waals surface area contributed by atoms with Crippen molar-refractivity contribution in [1.29, 1.82) is 0 Å². The number of hydrogen-bond acceptors (Lipinski definition) is 6. The van der Waals surface area contributed by atoms with Gasteiger partial charge < -0.3 is 15.0 Å². The normalized spacial score (nSPS) is 12.4. The zero-order valence-corrected chi connectivity index (χ0v) is 20.2. The van der Waals surface area contributed by atoms with E-state index in [0.29, 0.717) is 17.3 Å². The first kappa shape index (κ1) is 24.1. The Morgan fingerprint density at radius 3 is 2.62 bits per heavy atom. The minimum Gasteiger partial charge on any atom is -0.495 e. The van der Waals surface area contributed by atoms with Crippen LogP contribution in [0.3, 0.4) is 0 Å². The molecule has 0 bridgehead atoms. The standard InChI is InChI=1S/C22H24ClN3O4S2/c1-26(2)20(16-9-10-31-14-16)13-24-22(27)15-5-4-6-18(11-15)32(28,29)25-19-12-17(23)7-8-21(19)30-3/h4-12,14,20,25H,13H2,1-3H3,(H,24,27). The molecule has 1 aromatic heterocycles. The second-order valence-corrected chi connectivity index (χ2v) is 10.1. The summed E-state index contributed by atoms with van der Waals surface area (Å²) < 4.78 is 33.5. The maximum atomic E-state index is 12.9. The molecule has 0 radical (unpaired) electrons. The van der Waals surface area contributed by atoms with Crippen molar-refractivity contribution < 1.29 is 17.9 Å². The van der Waals surface area contributed by atoms with Crippen molar-refractivity contribution in [2.24, 2.45) is 0 Å². The third kappa shape index (κ3) is 5.80. The lowest BCUT2D eigenvalue weighted by molar-refractivity contribution is 0.0941. The van der Waals surface area contributed by atoms with Crippen molar-refractivity contribution in [3.05, 3.63) is 75.4 Å². The number of halogens is 1. The Bertz CT molecular complexity index is 1180. The van der Waals surface area contributed by atoms with E-state index in [1.54, 1.807) is 29.5 Å². The SMILES string of the molecule is COc1ccc(Cl)cc1NS(=O)(=O)c1cccc(C(=O)NCC(c2ccsc2)N(C)C)c1. The summed E-state index contributed by atoms with van der Waals surface area (Å²) in [4.78, 5) is 14.7. The molecule has 10 heteroatoms. The van der Waals surface area contributed by atoms with E-state index in [4.69, 9.17) is 16.3 Å². The fraction of sp³-hybridized carbons (Fsp3) is 0.227. The number of sulfonamides is 1. The highest BCUT2D eigenvalue weighted by Crippen LogP contribution is 2.30. The number of thiophene rings is 1. The van der Waals surface area contributed by atoms with Crippen molar-refractivity contribution >= 4 is 44.6 Å². The van der Waals surface area contributed by atoms with Crippen molar-refractivity contribution in [1.82, 2.24) is 10.2 Å². The number of anilines is 1. The highest BCUT2D eigenvalue weighted by atomic mass is 35.5. The lowest BCUT2D eigenvalue weighted by Crippen LogP contribution is -2.34. The third-order valence-electron chi connectivity index (χ3n) is 4.82. The molecular weight excluding hydrogens is 470 g/mol. The zero-order valence-electron chi connectivity index (χ0n) is 17.8. The summed E-state index contributed by atoms with van der Waals surface area (Å²) in [7, 11) is 1.34. The highest BCUT2D eigenvalue weighted by molar-refractivity contribution is 7.92. The molecular formula is C22H24ClN3O4S2. The second-order valence-electron chi connectivity index (χ2n) is 7.22. The molecule has 2 aromatic carbocycles. The van der Waals surface area contributed by atoms with Gasteiger partial charge in [0, 0.05) is 17.1 Å². The summed E-state index contributed by atoms with van der Waals surface area (Å²) in [6, 6.07) is 12.5. The molecule has 0 fully saturated rings. The Labute approximate surface area is 197 Å². The molecule has 0 spiro atoms. The number of nitrogens with zero attached hydrogens (tertiary/aromatic N) is 1. The van der Waals surface area contributed by atoms with E-state index in [-0.39, 0.29) is 28.1 Å². The first-order chi connectivity index (χ1) is 15.2. The van der Waals surface area contributed by atoms with Crippen molar-refractivity contribution in [3.8, 4) is 5.75 Å². The monoisotopic (exact) mass is 493 g/mol. The van der Waals surface area contributed by atoms with Crippen LogP contribution in [0.1, 0.15) is 22.0 Å². The number of carbonyl (C=O) groups excluding carboxylic acids is 1. The maximum Gasteiger partial charge on any atom is 0.262 e. The number of carbonyl (C=O) groups is 1. The molecule has 170 valence electrons. The van der Waals surface area contributed by atoms with E-state index in [9.17, 15) is 13.2 Å². The van der Waals surface area contributed by atoms with E-state index >= 15 is 0 Å². The topological polar surface area (TPSA) is 87.7 Å². The van der Waals surface area contributed by atoms with Crippen LogP contribution >= 0.6 is 22.9 Å². The van der Waals surface area contributed by atoms with Crippen molar-refractivity contribution in [3.63, 3.8) is 0 Å². The van der Waals surface area contributed by atoms with Crippen LogP contribution in [0.2, 0.25) is 5.02 Å². The molecule has 32 heavy (non-hydrogen) atoms.